The van der Waals surface area contributed by atoms with Gasteiger partial charge in [-0.15, -0.1) is 0 Å². The zero-order valence-corrected chi connectivity index (χ0v) is 36.9. The number of hydrogen-bond donors (Lipinski definition) is 12. The third-order valence-corrected chi connectivity index (χ3v) is 12.2. The third-order valence-electron chi connectivity index (χ3n) is 12.2. The maximum absolute atomic E-state index is 15.0. The van der Waals surface area contributed by atoms with Gasteiger partial charge in [0, 0.05) is 17.2 Å². The number of ether oxygens (including phenoxy) is 9. The molecule has 0 amide bonds. The van der Waals surface area contributed by atoms with Crippen molar-refractivity contribution in [2.24, 2.45) is 0 Å². The number of allylic oxidation sites excluding steroid dienone is 2. The molecule has 5 heterocycles. The Hall–Kier alpha value is -4.09. The van der Waals surface area contributed by atoms with E-state index in [1.54, 1.807) is 32.1 Å². The standard InChI is InChI=1S/C44H58O23/c1-15(2)6-11-20-23(62-44-40(33(55)29(51)24(13-45)63-44)67-42-35(57)31(53)26(48)16(3)60-42)12-21(46)25-30(52)38(36(64-37(20)25)18-7-9-19(58-5)10-8-18)65-43-39(32(54)27(49)17(4)61-43)66-41-34(56)28(50)22(47)14-59-41/h6-10,12,16-17,22,24,26-29,31-35,39-51,53-57H,11,13-14H2,1-5H3/t16-,17-,22+,24+,26-,27-,28-,29+,31+,32+,33-,34+,35+,39+,40+,41-,42-,43-,44+/m0/s1. The van der Waals surface area contributed by atoms with Crippen LogP contribution >= 0.6 is 0 Å². The Morgan fingerprint density at radius 1 is 0.716 bits per heavy atom. The fraction of sp³-hybridized carbons (Fsp3) is 0.614. The van der Waals surface area contributed by atoms with Crippen molar-refractivity contribution in [2.45, 2.75) is 151 Å². The zero-order valence-electron chi connectivity index (χ0n) is 36.9. The van der Waals surface area contributed by atoms with E-state index in [1.807, 2.05) is 0 Å². The van der Waals surface area contributed by atoms with Crippen LogP contribution in [-0.2, 0) is 34.8 Å². The fourth-order valence-electron chi connectivity index (χ4n) is 8.12. The van der Waals surface area contributed by atoms with Gasteiger partial charge in [-0.3, -0.25) is 4.79 Å². The molecule has 372 valence electrons. The van der Waals surface area contributed by atoms with Crippen LogP contribution < -0.4 is 19.6 Å². The highest BCUT2D eigenvalue weighted by Gasteiger charge is 2.52. The first-order chi connectivity index (χ1) is 31.7. The highest BCUT2D eigenvalue weighted by molar-refractivity contribution is 5.91. The van der Waals surface area contributed by atoms with Crippen LogP contribution in [0.4, 0.5) is 0 Å². The summed E-state index contributed by atoms with van der Waals surface area (Å²) < 4.78 is 58.9. The summed E-state index contributed by atoms with van der Waals surface area (Å²) in [6.45, 7) is 5.05. The number of aromatic hydroxyl groups is 1. The Balaban J connectivity index is 1.35. The number of fused-ring (bicyclic) bond motifs is 1. The molecule has 7 rings (SSSR count). The molecule has 0 saturated carbocycles. The number of hydrogen-bond acceptors (Lipinski definition) is 23. The van der Waals surface area contributed by atoms with Gasteiger partial charge in [-0.25, -0.2) is 0 Å². The smallest absolute Gasteiger partial charge is 0.239 e. The number of aliphatic hydroxyl groups excluding tert-OH is 11. The first kappa shape index (κ1) is 50.8. The highest BCUT2D eigenvalue weighted by atomic mass is 16.8. The maximum atomic E-state index is 15.0. The van der Waals surface area contributed by atoms with Crippen molar-refractivity contribution in [1.29, 1.82) is 0 Å². The molecule has 4 fully saturated rings. The van der Waals surface area contributed by atoms with E-state index in [2.05, 4.69) is 0 Å². The minimum absolute atomic E-state index is 0.0634. The number of aliphatic hydroxyl groups is 11. The molecule has 67 heavy (non-hydrogen) atoms. The van der Waals surface area contributed by atoms with Gasteiger partial charge in [0.15, 0.2) is 30.5 Å². The van der Waals surface area contributed by atoms with E-state index in [1.165, 1.54) is 33.1 Å². The molecule has 0 unspecified atom stereocenters. The molecule has 12 N–H and O–H groups in total. The summed E-state index contributed by atoms with van der Waals surface area (Å²) in [6.07, 6.45) is -29.8. The second-order valence-electron chi connectivity index (χ2n) is 17.1. The predicted octanol–water partition coefficient (Wildman–Crippen LogP) is -2.62. The van der Waals surface area contributed by atoms with Crippen molar-refractivity contribution in [2.75, 3.05) is 20.3 Å². The molecule has 19 atom stereocenters. The van der Waals surface area contributed by atoms with Crippen molar-refractivity contribution in [3.63, 3.8) is 0 Å². The first-order valence-electron chi connectivity index (χ1n) is 21.5. The van der Waals surface area contributed by atoms with E-state index < -0.39 is 152 Å². The van der Waals surface area contributed by atoms with E-state index in [4.69, 9.17) is 47.0 Å². The van der Waals surface area contributed by atoms with Crippen LogP contribution in [0.2, 0.25) is 0 Å². The Bertz CT molecular complexity index is 2250. The summed E-state index contributed by atoms with van der Waals surface area (Å²) in [5.41, 5.74) is -0.221. The van der Waals surface area contributed by atoms with Crippen LogP contribution in [0, 0.1) is 0 Å². The van der Waals surface area contributed by atoms with Crippen LogP contribution in [0.25, 0.3) is 22.3 Å². The molecule has 3 aromatic rings. The summed E-state index contributed by atoms with van der Waals surface area (Å²) in [5, 5.41) is 128. The van der Waals surface area contributed by atoms with Crippen LogP contribution in [0.15, 0.2) is 51.2 Å². The van der Waals surface area contributed by atoms with Gasteiger partial charge in [0.2, 0.25) is 23.8 Å². The molecule has 0 spiro atoms. The fourth-order valence-corrected chi connectivity index (χ4v) is 8.12. The maximum Gasteiger partial charge on any atom is 0.239 e. The molecular weight excluding hydrogens is 896 g/mol. The van der Waals surface area contributed by atoms with Gasteiger partial charge in [0.25, 0.3) is 0 Å². The monoisotopic (exact) mass is 954 g/mol. The summed E-state index contributed by atoms with van der Waals surface area (Å²) >= 11 is 0. The second-order valence-corrected chi connectivity index (χ2v) is 17.1. The van der Waals surface area contributed by atoms with Crippen molar-refractivity contribution in [3.8, 4) is 34.3 Å². The molecule has 4 aliphatic rings. The van der Waals surface area contributed by atoms with E-state index in [0.717, 1.165) is 11.6 Å². The topological polar surface area (TPSA) is 356 Å². The van der Waals surface area contributed by atoms with Gasteiger partial charge >= 0.3 is 0 Å². The molecule has 0 radical (unpaired) electrons. The summed E-state index contributed by atoms with van der Waals surface area (Å²) in [7, 11) is 1.43. The normalized spacial score (nSPS) is 38.1. The van der Waals surface area contributed by atoms with Crippen LogP contribution in [0.3, 0.4) is 0 Å². The number of rotatable bonds is 13. The van der Waals surface area contributed by atoms with Crippen molar-refractivity contribution < 1.29 is 108 Å². The van der Waals surface area contributed by atoms with Gasteiger partial charge < -0.3 is 108 Å². The number of benzene rings is 2. The van der Waals surface area contributed by atoms with E-state index >= 15 is 0 Å². The van der Waals surface area contributed by atoms with Crippen LogP contribution in [-0.4, -0.2) is 198 Å². The van der Waals surface area contributed by atoms with Crippen LogP contribution in [0.1, 0.15) is 33.3 Å². The predicted molar refractivity (Wildman–Crippen MR) is 224 cm³/mol. The lowest BCUT2D eigenvalue weighted by Crippen LogP contribution is -2.64. The summed E-state index contributed by atoms with van der Waals surface area (Å²) in [4.78, 5) is 15.0. The molecule has 4 aliphatic heterocycles. The molecule has 1 aromatic heterocycles. The van der Waals surface area contributed by atoms with Crippen molar-refractivity contribution in [3.05, 3.63) is 57.8 Å². The minimum atomic E-state index is -1.90. The average molecular weight is 955 g/mol. The van der Waals surface area contributed by atoms with Gasteiger partial charge in [-0.2, -0.15) is 0 Å². The second kappa shape index (κ2) is 20.9. The molecule has 23 heteroatoms. The van der Waals surface area contributed by atoms with Gasteiger partial charge in [-0.05, 0) is 58.4 Å². The molecule has 0 aliphatic carbocycles. The lowest BCUT2D eigenvalue weighted by atomic mass is 9.97. The van der Waals surface area contributed by atoms with Crippen molar-refractivity contribution >= 4 is 11.0 Å². The Morgan fingerprint density at radius 3 is 1.93 bits per heavy atom. The Morgan fingerprint density at radius 2 is 1.30 bits per heavy atom. The lowest BCUT2D eigenvalue weighted by Gasteiger charge is -2.45. The van der Waals surface area contributed by atoms with E-state index in [-0.39, 0.29) is 34.6 Å². The van der Waals surface area contributed by atoms with Gasteiger partial charge in [0.1, 0.15) is 95.4 Å². The molecule has 0 bridgehead atoms. The molecule has 4 saturated heterocycles. The highest BCUT2D eigenvalue weighted by Crippen LogP contribution is 2.43. The lowest BCUT2D eigenvalue weighted by molar-refractivity contribution is -0.354. The van der Waals surface area contributed by atoms with Gasteiger partial charge in [-0.1, -0.05) is 11.6 Å². The van der Waals surface area contributed by atoms with Gasteiger partial charge in [0.05, 0.1) is 32.5 Å². The third kappa shape index (κ3) is 10.2. The number of phenols is 1. The quantitative estimate of drug-likeness (QED) is 0.0781. The summed E-state index contributed by atoms with van der Waals surface area (Å²) in [6, 6.07) is 7.14. The van der Waals surface area contributed by atoms with Crippen molar-refractivity contribution in [1.82, 2.24) is 0 Å². The molecule has 2 aromatic carbocycles. The Kier molecular flexibility index (Phi) is 15.8. The largest absolute Gasteiger partial charge is 0.507 e. The SMILES string of the molecule is COc1ccc(-c2oc3c(CC=C(C)C)c(O[C@@H]4O[C@H](CO)[C@@H](O)[C@H](O)[C@H]4O[C@@H]4O[C@@H](C)[C@H](O)[C@@H](O)[C@H]4O)cc(O)c3c(=O)c2O[C@@H]2O[C@@H](C)[C@H](O)[C@@H](O)[C@H]2O[C@@H]2OC[C@@H](O)[C@H](O)[C@H]2O)cc1. The van der Waals surface area contributed by atoms with E-state index in [9.17, 15) is 66.1 Å². The molecular formula is C44H58O23. The van der Waals surface area contributed by atoms with E-state index in [0.29, 0.717) is 5.75 Å². The number of methoxy groups -OCH3 is 1. The van der Waals surface area contributed by atoms with Crippen LogP contribution in [0.5, 0.6) is 23.0 Å². The summed E-state index contributed by atoms with van der Waals surface area (Å²) in [5.74, 6) is -1.48. The molecule has 23 nitrogen and oxygen atoms in total. The first-order valence-corrected chi connectivity index (χ1v) is 21.5. The minimum Gasteiger partial charge on any atom is -0.507 e. The zero-order chi connectivity index (χ0) is 48.8. The Labute approximate surface area is 382 Å². The average Bonchev–Trinajstić information content (AvgIpc) is 3.30. The number of phenolic OH excluding ortho intramolecular Hbond substituents is 1.